The molecule has 0 bridgehead atoms. The highest BCUT2D eigenvalue weighted by Gasteiger charge is 2.08. The Morgan fingerprint density at radius 1 is 1.50 bits per heavy atom. The Labute approximate surface area is 107 Å². The Morgan fingerprint density at radius 2 is 2.25 bits per heavy atom. The summed E-state index contributed by atoms with van der Waals surface area (Å²) in [6, 6.07) is 5.70. The lowest BCUT2D eigenvalue weighted by molar-refractivity contribution is 0.828. The van der Waals surface area contributed by atoms with Crippen molar-refractivity contribution in [3.05, 3.63) is 45.1 Å². The molecule has 0 amide bonds. The average Bonchev–Trinajstić information content (AvgIpc) is 2.59. The molecule has 0 unspecified atom stereocenters. The van der Waals surface area contributed by atoms with Crippen molar-refractivity contribution in [1.82, 2.24) is 9.78 Å². The van der Waals surface area contributed by atoms with Crippen LogP contribution in [0.3, 0.4) is 0 Å². The van der Waals surface area contributed by atoms with Gasteiger partial charge in [0.2, 0.25) is 0 Å². The van der Waals surface area contributed by atoms with E-state index in [4.69, 9.17) is 17.3 Å². The fourth-order valence-corrected chi connectivity index (χ4v) is 2.19. The smallest absolute Gasteiger partial charge is 0.0906 e. The Kier molecular flexibility index (Phi) is 3.33. The molecule has 0 radical (unpaired) electrons. The standard InChI is InChI=1S/C11H11BrClN3/c1-7-4-8(13)2-3-11(7)16-6-9(12)10(5-14)15-16/h2-4,6H,5,14H2,1H3. The van der Waals surface area contributed by atoms with E-state index in [1.165, 1.54) is 0 Å². The normalized spacial score (nSPS) is 10.8. The zero-order chi connectivity index (χ0) is 11.7. The summed E-state index contributed by atoms with van der Waals surface area (Å²) in [4.78, 5) is 0. The first-order valence-corrected chi connectivity index (χ1v) is 5.99. The zero-order valence-corrected chi connectivity index (χ0v) is 11.1. The highest BCUT2D eigenvalue weighted by molar-refractivity contribution is 9.10. The van der Waals surface area contributed by atoms with Gasteiger partial charge >= 0.3 is 0 Å². The lowest BCUT2D eigenvalue weighted by atomic mass is 10.2. The van der Waals surface area contributed by atoms with Gasteiger partial charge in [0.05, 0.1) is 15.9 Å². The number of halogens is 2. The summed E-state index contributed by atoms with van der Waals surface area (Å²) >= 11 is 9.33. The van der Waals surface area contributed by atoms with Gasteiger partial charge in [-0.3, -0.25) is 0 Å². The largest absolute Gasteiger partial charge is 0.325 e. The van der Waals surface area contributed by atoms with Gasteiger partial charge in [0, 0.05) is 17.8 Å². The topological polar surface area (TPSA) is 43.8 Å². The van der Waals surface area contributed by atoms with E-state index in [0.29, 0.717) is 6.54 Å². The van der Waals surface area contributed by atoms with Crippen LogP contribution in [-0.4, -0.2) is 9.78 Å². The number of hydrogen-bond acceptors (Lipinski definition) is 2. The SMILES string of the molecule is Cc1cc(Cl)ccc1-n1cc(Br)c(CN)n1. The molecule has 0 fully saturated rings. The molecule has 0 saturated carbocycles. The maximum absolute atomic E-state index is 5.91. The van der Waals surface area contributed by atoms with Crippen molar-refractivity contribution in [2.24, 2.45) is 5.73 Å². The molecule has 1 heterocycles. The number of nitrogens with two attached hydrogens (primary N) is 1. The number of rotatable bonds is 2. The summed E-state index contributed by atoms with van der Waals surface area (Å²) < 4.78 is 2.72. The summed E-state index contributed by atoms with van der Waals surface area (Å²) in [5, 5.41) is 5.12. The molecular formula is C11H11BrClN3. The highest BCUT2D eigenvalue weighted by atomic mass is 79.9. The maximum Gasteiger partial charge on any atom is 0.0906 e. The molecule has 0 aliphatic carbocycles. The van der Waals surface area contributed by atoms with Gasteiger partial charge in [-0.25, -0.2) is 4.68 Å². The Hall–Kier alpha value is -0.840. The van der Waals surface area contributed by atoms with Crippen LogP contribution in [0.4, 0.5) is 0 Å². The molecule has 1 aromatic heterocycles. The monoisotopic (exact) mass is 299 g/mol. The predicted octanol–water partition coefficient (Wildman–Crippen LogP) is 3.06. The first kappa shape index (κ1) is 11.6. The van der Waals surface area contributed by atoms with E-state index in [-0.39, 0.29) is 0 Å². The molecule has 3 nitrogen and oxygen atoms in total. The number of benzene rings is 1. The van der Waals surface area contributed by atoms with Crippen LogP contribution in [0.2, 0.25) is 5.02 Å². The van der Waals surface area contributed by atoms with Crippen molar-refractivity contribution < 1.29 is 0 Å². The van der Waals surface area contributed by atoms with Crippen molar-refractivity contribution >= 4 is 27.5 Å². The summed E-state index contributed by atoms with van der Waals surface area (Å²) in [5.41, 5.74) is 8.50. The minimum atomic E-state index is 0.417. The number of nitrogens with zero attached hydrogens (tertiary/aromatic N) is 2. The zero-order valence-electron chi connectivity index (χ0n) is 8.74. The number of aromatic nitrogens is 2. The Balaban J connectivity index is 2.50. The molecule has 5 heteroatoms. The maximum atomic E-state index is 5.91. The Bertz CT molecular complexity index is 522. The van der Waals surface area contributed by atoms with Gasteiger partial charge in [-0.1, -0.05) is 11.6 Å². The van der Waals surface area contributed by atoms with Gasteiger partial charge in [0.15, 0.2) is 0 Å². The summed E-state index contributed by atoms with van der Waals surface area (Å²) in [6.45, 7) is 2.42. The first-order chi connectivity index (χ1) is 7.61. The second-order valence-electron chi connectivity index (χ2n) is 3.50. The third kappa shape index (κ3) is 2.14. The van der Waals surface area contributed by atoms with Crippen molar-refractivity contribution in [3.63, 3.8) is 0 Å². The molecule has 2 N–H and O–H groups in total. The summed E-state index contributed by atoms with van der Waals surface area (Å²) in [7, 11) is 0. The van der Waals surface area contributed by atoms with Crippen LogP contribution in [0.1, 0.15) is 11.3 Å². The van der Waals surface area contributed by atoms with Gasteiger partial charge in [-0.05, 0) is 46.6 Å². The van der Waals surface area contributed by atoms with Crippen molar-refractivity contribution in [3.8, 4) is 5.69 Å². The van der Waals surface area contributed by atoms with E-state index in [1.54, 1.807) is 4.68 Å². The predicted molar refractivity (Wildman–Crippen MR) is 68.9 cm³/mol. The molecule has 0 aliphatic heterocycles. The van der Waals surface area contributed by atoms with Gasteiger partial charge in [0.25, 0.3) is 0 Å². The van der Waals surface area contributed by atoms with Crippen molar-refractivity contribution in [2.75, 3.05) is 0 Å². The van der Waals surface area contributed by atoms with Crippen LogP contribution in [0, 0.1) is 6.92 Å². The van der Waals surface area contributed by atoms with E-state index in [0.717, 1.165) is 26.4 Å². The second kappa shape index (κ2) is 4.57. The molecule has 2 rings (SSSR count). The number of aryl methyl sites for hydroxylation is 1. The van der Waals surface area contributed by atoms with E-state index < -0.39 is 0 Å². The van der Waals surface area contributed by atoms with E-state index >= 15 is 0 Å². The molecule has 1 aromatic carbocycles. The van der Waals surface area contributed by atoms with Crippen LogP contribution in [0.5, 0.6) is 0 Å². The van der Waals surface area contributed by atoms with Crippen LogP contribution >= 0.6 is 27.5 Å². The molecule has 0 aliphatic rings. The van der Waals surface area contributed by atoms with Gasteiger partial charge in [-0.15, -0.1) is 0 Å². The van der Waals surface area contributed by atoms with Crippen LogP contribution in [0.15, 0.2) is 28.9 Å². The van der Waals surface area contributed by atoms with Gasteiger partial charge in [-0.2, -0.15) is 5.10 Å². The van der Waals surface area contributed by atoms with E-state index in [9.17, 15) is 0 Å². The summed E-state index contributed by atoms with van der Waals surface area (Å²) in [6.07, 6.45) is 1.90. The molecule has 2 aromatic rings. The molecule has 0 saturated heterocycles. The minimum absolute atomic E-state index is 0.417. The number of hydrogen-bond donors (Lipinski definition) is 1. The average molecular weight is 301 g/mol. The van der Waals surface area contributed by atoms with E-state index in [2.05, 4.69) is 21.0 Å². The van der Waals surface area contributed by atoms with Gasteiger partial charge < -0.3 is 5.73 Å². The fraction of sp³-hybridized carbons (Fsp3) is 0.182. The first-order valence-electron chi connectivity index (χ1n) is 4.82. The highest BCUT2D eigenvalue weighted by Crippen LogP contribution is 2.22. The van der Waals surface area contributed by atoms with E-state index in [1.807, 2.05) is 31.3 Å². The molecule has 16 heavy (non-hydrogen) atoms. The molecule has 84 valence electrons. The van der Waals surface area contributed by atoms with Crippen LogP contribution in [-0.2, 0) is 6.54 Å². The lowest BCUT2D eigenvalue weighted by Gasteiger charge is -2.05. The van der Waals surface area contributed by atoms with Crippen molar-refractivity contribution in [1.29, 1.82) is 0 Å². The third-order valence-electron chi connectivity index (χ3n) is 2.34. The molecular weight excluding hydrogens is 289 g/mol. The quantitative estimate of drug-likeness (QED) is 0.926. The Morgan fingerprint density at radius 3 is 2.81 bits per heavy atom. The van der Waals surface area contributed by atoms with Crippen LogP contribution < -0.4 is 5.73 Å². The van der Waals surface area contributed by atoms with Crippen LogP contribution in [0.25, 0.3) is 5.69 Å². The summed E-state index contributed by atoms with van der Waals surface area (Å²) in [5.74, 6) is 0. The molecule has 0 atom stereocenters. The lowest BCUT2D eigenvalue weighted by Crippen LogP contribution is -2.01. The fourth-order valence-electron chi connectivity index (χ4n) is 1.53. The third-order valence-corrected chi connectivity index (χ3v) is 3.24. The van der Waals surface area contributed by atoms with Crippen molar-refractivity contribution in [2.45, 2.75) is 13.5 Å². The molecule has 0 spiro atoms. The van der Waals surface area contributed by atoms with Gasteiger partial charge in [0.1, 0.15) is 0 Å². The second-order valence-corrected chi connectivity index (χ2v) is 4.79. The minimum Gasteiger partial charge on any atom is -0.325 e.